The van der Waals surface area contributed by atoms with Gasteiger partial charge in [-0.3, -0.25) is 0 Å². The molecule has 0 aromatic heterocycles. The highest BCUT2D eigenvalue weighted by Crippen LogP contribution is 2.37. The molecular weight excluding hydrogens is 354 g/mol. The molecule has 108 valence electrons. The topological polar surface area (TPSA) is 42.2 Å². The molecule has 0 aliphatic rings. The van der Waals surface area contributed by atoms with E-state index in [0.717, 1.165) is 10.0 Å². The second-order valence-corrected chi connectivity index (χ2v) is 5.57. The lowest BCUT2D eigenvalue weighted by Crippen LogP contribution is -2.01. The second-order valence-electron chi connectivity index (χ2n) is 4.25. The van der Waals surface area contributed by atoms with Gasteiger partial charge in [-0.15, -0.1) is 0 Å². The average Bonchev–Trinajstić information content (AvgIpc) is 2.48. The normalized spacial score (nSPS) is 10.0. The van der Waals surface area contributed by atoms with Crippen LogP contribution < -0.4 is 9.47 Å². The molecule has 0 N–H and O–H groups in total. The van der Waals surface area contributed by atoms with E-state index in [9.17, 15) is 0 Å². The average molecular weight is 367 g/mol. The molecule has 0 aliphatic heterocycles. The number of nitrogens with zero attached hydrogens (tertiary/aromatic N) is 1. The third-order valence-electron chi connectivity index (χ3n) is 2.73. The van der Waals surface area contributed by atoms with Crippen molar-refractivity contribution in [2.75, 3.05) is 6.61 Å². The fourth-order valence-electron chi connectivity index (χ4n) is 1.77. The van der Waals surface area contributed by atoms with E-state index >= 15 is 0 Å². The van der Waals surface area contributed by atoms with Crippen molar-refractivity contribution in [3.63, 3.8) is 0 Å². The minimum absolute atomic E-state index is 0.370. The molecule has 0 spiro atoms. The zero-order valence-corrected chi connectivity index (χ0v) is 13.7. The zero-order valence-electron chi connectivity index (χ0n) is 11.4. The summed E-state index contributed by atoms with van der Waals surface area (Å²) in [7, 11) is 0. The smallest absolute Gasteiger partial charge is 0.180 e. The summed E-state index contributed by atoms with van der Waals surface area (Å²) >= 11 is 9.57. The number of nitriles is 1. The number of rotatable bonds is 5. The van der Waals surface area contributed by atoms with Gasteiger partial charge in [0.05, 0.1) is 23.3 Å². The quantitative estimate of drug-likeness (QED) is 0.751. The molecule has 2 rings (SSSR count). The minimum Gasteiger partial charge on any atom is -0.490 e. The van der Waals surface area contributed by atoms with Crippen molar-refractivity contribution in [2.45, 2.75) is 13.5 Å². The highest BCUT2D eigenvalue weighted by molar-refractivity contribution is 9.10. The van der Waals surface area contributed by atoms with Crippen molar-refractivity contribution in [3.8, 4) is 17.6 Å². The number of hydrogen-bond donors (Lipinski definition) is 0. The van der Waals surface area contributed by atoms with E-state index in [0.29, 0.717) is 35.3 Å². The van der Waals surface area contributed by atoms with Gasteiger partial charge in [0.25, 0.3) is 0 Å². The third-order valence-corrected chi connectivity index (χ3v) is 3.54. The molecule has 21 heavy (non-hydrogen) atoms. The lowest BCUT2D eigenvalue weighted by Gasteiger charge is -2.14. The van der Waals surface area contributed by atoms with Crippen molar-refractivity contribution < 1.29 is 9.47 Å². The molecule has 0 saturated heterocycles. The first-order valence-electron chi connectivity index (χ1n) is 6.37. The van der Waals surface area contributed by atoms with Crippen molar-refractivity contribution in [2.24, 2.45) is 0 Å². The lowest BCUT2D eigenvalue weighted by atomic mass is 10.2. The van der Waals surface area contributed by atoms with E-state index in [1.54, 1.807) is 12.1 Å². The van der Waals surface area contributed by atoms with Crippen molar-refractivity contribution in [3.05, 3.63) is 57.0 Å². The molecule has 0 radical (unpaired) electrons. The Kier molecular flexibility index (Phi) is 5.49. The summed E-state index contributed by atoms with van der Waals surface area (Å²) in [5.74, 6) is 0.944. The molecule has 0 heterocycles. The standard InChI is InChI=1S/C16H13BrClNO2/c1-2-20-15-8-12(9-19)7-14(18)16(15)21-10-11-3-5-13(17)6-4-11/h3-8H,2,10H2,1H3. The first-order valence-corrected chi connectivity index (χ1v) is 7.54. The second kappa shape index (κ2) is 7.35. The molecule has 0 aliphatic carbocycles. The van der Waals surface area contributed by atoms with E-state index in [1.165, 1.54) is 0 Å². The molecule has 0 unspecified atom stereocenters. The van der Waals surface area contributed by atoms with Gasteiger partial charge in [-0.05, 0) is 30.7 Å². The Morgan fingerprint density at radius 3 is 2.52 bits per heavy atom. The number of benzene rings is 2. The Labute approximate surface area is 137 Å². The summed E-state index contributed by atoms with van der Waals surface area (Å²) < 4.78 is 12.3. The van der Waals surface area contributed by atoms with Crippen LogP contribution in [0.1, 0.15) is 18.1 Å². The fourth-order valence-corrected chi connectivity index (χ4v) is 2.30. The van der Waals surface area contributed by atoms with Crippen LogP contribution in [0.15, 0.2) is 40.9 Å². The maximum atomic E-state index is 8.97. The first-order chi connectivity index (χ1) is 10.1. The molecule has 5 heteroatoms. The van der Waals surface area contributed by atoms with Gasteiger partial charge in [-0.2, -0.15) is 5.26 Å². The zero-order chi connectivity index (χ0) is 15.2. The van der Waals surface area contributed by atoms with Gasteiger partial charge in [0.1, 0.15) is 6.61 Å². The van der Waals surface area contributed by atoms with E-state index in [1.807, 2.05) is 37.3 Å². The molecule has 2 aromatic carbocycles. The summed E-state index contributed by atoms with van der Waals surface area (Å²) in [4.78, 5) is 0. The monoisotopic (exact) mass is 365 g/mol. The van der Waals surface area contributed by atoms with Gasteiger partial charge >= 0.3 is 0 Å². The number of halogens is 2. The SMILES string of the molecule is CCOc1cc(C#N)cc(Cl)c1OCc1ccc(Br)cc1. The predicted molar refractivity (Wildman–Crippen MR) is 85.8 cm³/mol. The maximum Gasteiger partial charge on any atom is 0.180 e. The van der Waals surface area contributed by atoms with Gasteiger partial charge in [0.2, 0.25) is 0 Å². The lowest BCUT2D eigenvalue weighted by molar-refractivity contribution is 0.269. The summed E-state index contributed by atoms with van der Waals surface area (Å²) in [6.07, 6.45) is 0. The third kappa shape index (κ3) is 4.13. The van der Waals surface area contributed by atoms with Gasteiger partial charge in [-0.1, -0.05) is 39.7 Å². The Morgan fingerprint density at radius 1 is 1.19 bits per heavy atom. The summed E-state index contributed by atoms with van der Waals surface area (Å²) in [6, 6.07) is 13.1. The van der Waals surface area contributed by atoms with Gasteiger partial charge in [0.15, 0.2) is 11.5 Å². The minimum atomic E-state index is 0.370. The number of ether oxygens (including phenoxy) is 2. The van der Waals surface area contributed by atoms with Crippen LogP contribution in [-0.4, -0.2) is 6.61 Å². The molecule has 0 saturated carbocycles. The summed E-state index contributed by atoms with van der Waals surface area (Å²) in [5.41, 5.74) is 1.46. The van der Waals surface area contributed by atoms with Crippen LogP contribution in [0.5, 0.6) is 11.5 Å². The van der Waals surface area contributed by atoms with Gasteiger partial charge < -0.3 is 9.47 Å². The van der Waals surface area contributed by atoms with Crippen molar-refractivity contribution in [1.29, 1.82) is 5.26 Å². The van der Waals surface area contributed by atoms with E-state index in [4.69, 9.17) is 26.3 Å². The van der Waals surface area contributed by atoms with Crippen LogP contribution in [0.2, 0.25) is 5.02 Å². The summed E-state index contributed by atoms with van der Waals surface area (Å²) in [6.45, 7) is 2.71. The van der Waals surface area contributed by atoms with Crippen LogP contribution in [-0.2, 0) is 6.61 Å². The van der Waals surface area contributed by atoms with E-state index in [-0.39, 0.29) is 0 Å². The van der Waals surface area contributed by atoms with Crippen molar-refractivity contribution in [1.82, 2.24) is 0 Å². The first kappa shape index (κ1) is 15.7. The summed E-state index contributed by atoms with van der Waals surface area (Å²) in [5, 5.41) is 9.34. The van der Waals surface area contributed by atoms with Gasteiger partial charge in [-0.25, -0.2) is 0 Å². The molecule has 2 aromatic rings. The van der Waals surface area contributed by atoms with Gasteiger partial charge in [0, 0.05) is 10.5 Å². The Morgan fingerprint density at radius 2 is 1.90 bits per heavy atom. The molecule has 0 fully saturated rings. The van der Waals surface area contributed by atoms with Crippen LogP contribution in [0, 0.1) is 11.3 Å². The number of hydrogen-bond acceptors (Lipinski definition) is 3. The largest absolute Gasteiger partial charge is 0.490 e. The Hall–Kier alpha value is -1.70. The molecule has 0 amide bonds. The van der Waals surface area contributed by atoms with E-state index < -0.39 is 0 Å². The van der Waals surface area contributed by atoms with Crippen molar-refractivity contribution >= 4 is 27.5 Å². The molecule has 3 nitrogen and oxygen atoms in total. The Bertz CT molecular complexity index is 665. The van der Waals surface area contributed by atoms with Crippen LogP contribution >= 0.6 is 27.5 Å². The molecule has 0 bridgehead atoms. The maximum absolute atomic E-state index is 8.97. The Balaban J connectivity index is 2.22. The highest BCUT2D eigenvalue weighted by Gasteiger charge is 2.12. The fraction of sp³-hybridized carbons (Fsp3) is 0.188. The predicted octanol–water partition coefficient (Wildman–Crippen LogP) is 4.95. The van der Waals surface area contributed by atoms with Crippen LogP contribution in [0.25, 0.3) is 0 Å². The van der Waals surface area contributed by atoms with Crippen LogP contribution in [0.4, 0.5) is 0 Å². The molecular formula is C16H13BrClNO2. The molecule has 0 atom stereocenters. The van der Waals surface area contributed by atoms with E-state index in [2.05, 4.69) is 15.9 Å². The highest BCUT2D eigenvalue weighted by atomic mass is 79.9. The van der Waals surface area contributed by atoms with Crippen LogP contribution in [0.3, 0.4) is 0 Å².